The van der Waals surface area contributed by atoms with Gasteiger partial charge in [-0.3, -0.25) is 0 Å². The number of hydrogen-bond donors (Lipinski definition) is 1. The van der Waals surface area contributed by atoms with Crippen LogP contribution in [-0.2, 0) is 6.42 Å². The van der Waals surface area contributed by atoms with Crippen molar-refractivity contribution in [2.24, 2.45) is 0 Å². The van der Waals surface area contributed by atoms with Crippen molar-refractivity contribution in [1.29, 1.82) is 0 Å². The Bertz CT molecular complexity index is 293. The average Bonchev–Trinajstić information content (AvgIpc) is 2.28. The van der Waals surface area contributed by atoms with Gasteiger partial charge < -0.3 is 5.11 Å². The van der Waals surface area contributed by atoms with Crippen LogP contribution >= 0.6 is 0 Å². The van der Waals surface area contributed by atoms with E-state index in [4.69, 9.17) is 0 Å². The first-order chi connectivity index (χ1) is 7.74. The molecule has 0 spiro atoms. The molecule has 0 bridgehead atoms. The van der Waals surface area contributed by atoms with Crippen LogP contribution in [0.5, 0.6) is 0 Å². The van der Waals surface area contributed by atoms with E-state index >= 15 is 0 Å². The van der Waals surface area contributed by atoms with Crippen molar-refractivity contribution in [3.8, 4) is 0 Å². The van der Waals surface area contributed by atoms with Crippen LogP contribution in [0.3, 0.4) is 0 Å². The van der Waals surface area contributed by atoms with Crippen molar-refractivity contribution in [3.63, 3.8) is 0 Å². The van der Waals surface area contributed by atoms with Crippen molar-refractivity contribution in [2.75, 3.05) is 0 Å². The molecular weight excluding hydrogens is 196 g/mol. The maximum Gasteiger partial charge on any atom is 0.0580 e. The van der Waals surface area contributed by atoms with Gasteiger partial charge in [0.25, 0.3) is 0 Å². The molecule has 0 aromatic heterocycles. The lowest BCUT2D eigenvalue weighted by molar-refractivity contribution is 0.161. The Labute approximate surface area is 99.5 Å². The van der Waals surface area contributed by atoms with Gasteiger partial charge in [-0.05, 0) is 30.9 Å². The van der Waals surface area contributed by atoms with E-state index in [9.17, 15) is 5.11 Å². The molecule has 1 rings (SSSR count). The van der Waals surface area contributed by atoms with Crippen LogP contribution in [0.25, 0.3) is 0 Å². The summed E-state index contributed by atoms with van der Waals surface area (Å²) >= 11 is 0. The van der Waals surface area contributed by atoms with Crippen molar-refractivity contribution in [3.05, 3.63) is 35.4 Å². The Morgan fingerprint density at radius 2 is 1.88 bits per heavy atom. The molecule has 1 aromatic rings. The Morgan fingerprint density at radius 1 is 1.12 bits per heavy atom. The second-order valence-corrected chi connectivity index (χ2v) is 4.63. The molecule has 0 saturated carbocycles. The van der Waals surface area contributed by atoms with E-state index in [1.807, 2.05) is 12.1 Å². The van der Waals surface area contributed by atoms with Crippen LogP contribution in [0.2, 0.25) is 0 Å². The highest BCUT2D eigenvalue weighted by atomic mass is 16.3. The van der Waals surface area contributed by atoms with Gasteiger partial charge in [0.15, 0.2) is 0 Å². The van der Waals surface area contributed by atoms with Gasteiger partial charge in [-0.2, -0.15) is 0 Å². The zero-order chi connectivity index (χ0) is 11.8. The third-order valence-electron chi connectivity index (χ3n) is 3.11. The summed E-state index contributed by atoms with van der Waals surface area (Å²) in [5.74, 6) is 0. The first-order valence-electron chi connectivity index (χ1n) is 6.46. The van der Waals surface area contributed by atoms with Crippen molar-refractivity contribution in [1.82, 2.24) is 0 Å². The standard InChI is InChI=1S/C15H24O/c1-3-4-5-6-11-15(16)12-14-10-8-7-9-13(14)2/h7-10,15-16H,3-6,11-12H2,1-2H3. The van der Waals surface area contributed by atoms with Gasteiger partial charge in [0.2, 0.25) is 0 Å². The van der Waals surface area contributed by atoms with Gasteiger partial charge in [-0.25, -0.2) is 0 Å². The third-order valence-corrected chi connectivity index (χ3v) is 3.11. The molecule has 1 aromatic carbocycles. The Balaban J connectivity index is 2.28. The van der Waals surface area contributed by atoms with Crippen molar-refractivity contribution in [2.45, 2.75) is 58.5 Å². The summed E-state index contributed by atoms with van der Waals surface area (Å²) in [6, 6.07) is 8.32. The Kier molecular flexibility index (Phi) is 6.17. The van der Waals surface area contributed by atoms with E-state index in [1.54, 1.807) is 0 Å². The zero-order valence-corrected chi connectivity index (χ0v) is 10.6. The summed E-state index contributed by atoms with van der Waals surface area (Å²) in [6.45, 7) is 4.32. The number of aliphatic hydroxyl groups is 1. The molecule has 1 unspecified atom stereocenters. The molecule has 0 heterocycles. The molecule has 0 fully saturated rings. The molecule has 1 atom stereocenters. The van der Waals surface area contributed by atoms with E-state index in [1.165, 1.54) is 30.4 Å². The number of unbranched alkanes of at least 4 members (excludes halogenated alkanes) is 3. The largest absolute Gasteiger partial charge is 0.393 e. The smallest absolute Gasteiger partial charge is 0.0580 e. The van der Waals surface area contributed by atoms with Gasteiger partial charge in [0, 0.05) is 0 Å². The molecule has 0 aliphatic carbocycles. The highest BCUT2D eigenvalue weighted by molar-refractivity contribution is 5.26. The molecule has 0 aliphatic heterocycles. The highest BCUT2D eigenvalue weighted by Crippen LogP contribution is 2.13. The molecular formula is C15H24O. The predicted molar refractivity (Wildman–Crippen MR) is 69.6 cm³/mol. The normalized spacial score (nSPS) is 12.7. The molecule has 16 heavy (non-hydrogen) atoms. The maximum atomic E-state index is 9.93. The predicted octanol–water partition coefficient (Wildman–Crippen LogP) is 3.87. The fourth-order valence-electron chi connectivity index (χ4n) is 2.00. The summed E-state index contributed by atoms with van der Waals surface area (Å²) in [7, 11) is 0. The SMILES string of the molecule is CCCCCCC(O)Cc1ccccc1C. The minimum Gasteiger partial charge on any atom is -0.393 e. The second kappa shape index (κ2) is 7.45. The highest BCUT2D eigenvalue weighted by Gasteiger charge is 2.06. The Morgan fingerprint density at radius 3 is 2.56 bits per heavy atom. The molecule has 90 valence electrons. The fraction of sp³-hybridized carbons (Fsp3) is 0.600. The number of hydrogen-bond acceptors (Lipinski definition) is 1. The Hall–Kier alpha value is -0.820. The summed E-state index contributed by atoms with van der Waals surface area (Å²) in [5.41, 5.74) is 2.57. The summed E-state index contributed by atoms with van der Waals surface area (Å²) in [5, 5.41) is 9.93. The molecule has 0 aliphatic rings. The minimum atomic E-state index is -0.169. The van der Waals surface area contributed by atoms with Crippen molar-refractivity contribution >= 4 is 0 Å². The summed E-state index contributed by atoms with van der Waals surface area (Å²) in [6.07, 6.45) is 6.53. The van der Waals surface area contributed by atoms with Gasteiger partial charge in [-0.15, -0.1) is 0 Å². The fourth-order valence-corrected chi connectivity index (χ4v) is 2.00. The molecule has 1 heteroatoms. The van der Waals surface area contributed by atoms with Crippen LogP contribution in [0.15, 0.2) is 24.3 Å². The maximum absolute atomic E-state index is 9.93. The van der Waals surface area contributed by atoms with Gasteiger partial charge in [-0.1, -0.05) is 56.9 Å². The topological polar surface area (TPSA) is 20.2 Å². The monoisotopic (exact) mass is 220 g/mol. The van der Waals surface area contributed by atoms with E-state index in [-0.39, 0.29) is 6.10 Å². The van der Waals surface area contributed by atoms with Crippen LogP contribution in [-0.4, -0.2) is 11.2 Å². The molecule has 1 N–H and O–H groups in total. The number of aryl methyl sites for hydroxylation is 1. The molecule has 0 radical (unpaired) electrons. The number of benzene rings is 1. The molecule has 0 saturated heterocycles. The first-order valence-corrected chi connectivity index (χ1v) is 6.46. The van der Waals surface area contributed by atoms with Gasteiger partial charge >= 0.3 is 0 Å². The quantitative estimate of drug-likeness (QED) is 0.692. The van der Waals surface area contributed by atoms with E-state index in [0.717, 1.165) is 19.3 Å². The molecule has 0 amide bonds. The van der Waals surface area contributed by atoms with Crippen LogP contribution in [0.1, 0.15) is 50.2 Å². The van der Waals surface area contributed by atoms with E-state index in [0.29, 0.717) is 0 Å². The second-order valence-electron chi connectivity index (χ2n) is 4.63. The minimum absolute atomic E-state index is 0.169. The van der Waals surface area contributed by atoms with E-state index in [2.05, 4.69) is 26.0 Å². The lowest BCUT2D eigenvalue weighted by atomic mass is 9.99. The third kappa shape index (κ3) is 4.80. The van der Waals surface area contributed by atoms with Gasteiger partial charge in [0.1, 0.15) is 0 Å². The lowest BCUT2D eigenvalue weighted by Gasteiger charge is -2.12. The van der Waals surface area contributed by atoms with Crippen molar-refractivity contribution < 1.29 is 5.11 Å². The number of rotatable bonds is 7. The van der Waals surface area contributed by atoms with Crippen LogP contribution in [0, 0.1) is 6.92 Å². The number of aliphatic hydroxyl groups excluding tert-OH is 1. The zero-order valence-electron chi connectivity index (χ0n) is 10.6. The van der Waals surface area contributed by atoms with Gasteiger partial charge in [0.05, 0.1) is 6.10 Å². The van der Waals surface area contributed by atoms with Crippen LogP contribution in [0.4, 0.5) is 0 Å². The summed E-state index contributed by atoms with van der Waals surface area (Å²) < 4.78 is 0. The summed E-state index contributed by atoms with van der Waals surface area (Å²) in [4.78, 5) is 0. The first kappa shape index (κ1) is 13.2. The molecule has 1 nitrogen and oxygen atoms in total. The van der Waals surface area contributed by atoms with E-state index < -0.39 is 0 Å². The average molecular weight is 220 g/mol. The van der Waals surface area contributed by atoms with Crippen LogP contribution < -0.4 is 0 Å². The lowest BCUT2D eigenvalue weighted by Crippen LogP contribution is -2.11.